The highest BCUT2D eigenvalue weighted by molar-refractivity contribution is 6.07. The summed E-state index contributed by atoms with van der Waals surface area (Å²) in [7, 11) is 0. The van der Waals surface area contributed by atoms with Gasteiger partial charge in [-0.3, -0.25) is 9.59 Å². The molecule has 5 heteroatoms. The Kier molecular flexibility index (Phi) is 3.08. The number of aryl methyl sites for hydroxylation is 1. The molecule has 0 saturated carbocycles. The highest BCUT2D eigenvalue weighted by Crippen LogP contribution is 2.29. The van der Waals surface area contributed by atoms with Crippen molar-refractivity contribution in [3.63, 3.8) is 0 Å². The Morgan fingerprint density at radius 2 is 1.87 bits per heavy atom. The van der Waals surface area contributed by atoms with E-state index in [1.165, 1.54) is 5.56 Å². The van der Waals surface area contributed by atoms with Crippen LogP contribution < -0.4 is 5.56 Å². The van der Waals surface area contributed by atoms with Crippen LogP contribution in [0.25, 0.3) is 10.9 Å². The third kappa shape index (κ3) is 2.16. The van der Waals surface area contributed by atoms with Crippen LogP contribution in [0.1, 0.15) is 27.4 Å². The van der Waals surface area contributed by atoms with Gasteiger partial charge in [-0.05, 0) is 18.1 Å². The maximum atomic E-state index is 12.7. The van der Waals surface area contributed by atoms with Gasteiger partial charge in [0.1, 0.15) is 0 Å². The Morgan fingerprint density at radius 1 is 1.13 bits per heavy atom. The second kappa shape index (κ2) is 5.12. The van der Waals surface area contributed by atoms with Crippen LogP contribution in [-0.4, -0.2) is 33.9 Å². The van der Waals surface area contributed by atoms with Gasteiger partial charge in [0, 0.05) is 31.4 Å². The van der Waals surface area contributed by atoms with Crippen LogP contribution in [0.15, 0.2) is 47.5 Å². The van der Waals surface area contributed by atoms with Crippen molar-refractivity contribution in [1.82, 2.24) is 14.9 Å². The van der Waals surface area contributed by atoms with Crippen molar-refractivity contribution in [2.45, 2.75) is 12.8 Å². The molecule has 1 fully saturated rings. The molecule has 1 aliphatic rings. The maximum Gasteiger partial charge on any atom is 0.258 e. The minimum atomic E-state index is -0.227. The van der Waals surface area contributed by atoms with Gasteiger partial charge in [0.25, 0.3) is 11.5 Å². The van der Waals surface area contributed by atoms with Crippen molar-refractivity contribution >= 4 is 16.8 Å². The molecule has 0 aliphatic carbocycles. The van der Waals surface area contributed by atoms with Crippen LogP contribution in [0.2, 0.25) is 0 Å². The van der Waals surface area contributed by atoms with Gasteiger partial charge < -0.3 is 14.9 Å². The van der Waals surface area contributed by atoms with Crippen LogP contribution in [0, 0.1) is 6.92 Å². The molecule has 0 spiro atoms. The molecule has 1 aromatic carbocycles. The molecule has 0 radical (unpaired) electrons. The second-order valence-corrected chi connectivity index (χ2v) is 6.07. The zero-order valence-electron chi connectivity index (χ0n) is 12.8. The van der Waals surface area contributed by atoms with Gasteiger partial charge in [-0.2, -0.15) is 0 Å². The van der Waals surface area contributed by atoms with Crippen LogP contribution in [0.4, 0.5) is 0 Å². The molecule has 0 unspecified atom stereocenters. The second-order valence-electron chi connectivity index (χ2n) is 6.07. The lowest BCUT2D eigenvalue weighted by Gasteiger charge is -2.39. The fraction of sp³-hybridized carbons (Fsp3) is 0.222. The van der Waals surface area contributed by atoms with Gasteiger partial charge in [-0.1, -0.05) is 30.3 Å². The highest BCUT2D eigenvalue weighted by atomic mass is 16.2. The average Bonchev–Trinajstić information content (AvgIpc) is 2.97. The van der Waals surface area contributed by atoms with E-state index in [2.05, 4.69) is 22.1 Å². The first-order valence-electron chi connectivity index (χ1n) is 7.68. The van der Waals surface area contributed by atoms with E-state index >= 15 is 0 Å². The Morgan fingerprint density at radius 3 is 2.61 bits per heavy atom. The zero-order chi connectivity index (χ0) is 16.0. The number of carbonyl (C=O) groups is 1. The molecule has 23 heavy (non-hydrogen) atoms. The fourth-order valence-corrected chi connectivity index (χ4v) is 3.21. The summed E-state index contributed by atoms with van der Waals surface area (Å²) in [5, 5.41) is 0.457. The zero-order valence-corrected chi connectivity index (χ0v) is 12.8. The Labute approximate surface area is 133 Å². The van der Waals surface area contributed by atoms with E-state index < -0.39 is 0 Å². The van der Waals surface area contributed by atoms with Gasteiger partial charge in [0.05, 0.1) is 16.5 Å². The molecule has 1 aliphatic heterocycles. The number of fused-ring (bicyclic) bond motifs is 1. The molecule has 5 nitrogen and oxygen atoms in total. The lowest BCUT2D eigenvalue weighted by atomic mass is 9.91. The monoisotopic (exact) mass is 307 g/mol. The number of hydrogen-bond donors (Lipinski definition) is 2. The first-order valence-corrected chi connectivity index (χ1v) is 7.68. The summed E-state index contributed by atoms with van der Waals surface area (Å²) >= 11 is 0. The average molecular weight is 307 g/mol. The highest BCUT2D eigenvalue weighted by Gasteiger charge is 2.33. The molecule has 0 atom stereocenters. The number of carbonyl (C=O) groups excluding carboxylic acids is 1. The largest absolute Gasteiger partial charge is 0.360 e. The number of H-pyrrole nitrogens is 2. The van der Waals surface area contributed by atoms with Gasteiger partial charge in [0.15, 0.2) is 0 Å². The SMILES string of the molecule is Cc1c[nH]c(=O)c2c(C(=O)N3CC(c4ccccc4)C3)c[nH]c12. The first-order chi connectivity index (χ1) is 11.1. The number of aromatic nitrogens is 2. The molecule has 0 bridgehead atoms. The van der Waals surface area contributed by atoms with Gasteiger partial charge >= 0.3 is 0 Å². The quantitative estimate of drug-likeness (QED) is 0.763. The smallest absolute Gasteiger partial charge is 0.258 e. The van der Waals surface area contributed by atoms with Crippen molar-refractivity contribution in [3.05, 3.63) is 69.8 Å². The third-order valence-corrected chi connectivity index (χ3v) is 4.59. The molecule has 2 N–H and O–H groups in total. The number of likely N-dealkylation sites (tertiary alicyclic amines) is 1. The van der Waals surface area contributed by atoms with E-state index in [-0.39, 0.29) is 11.5 Å². The fourth-order valence-electron chi connectivity index (χ4n) is 3.21. The third-order valence-electron chi connectivity index (χ3n) is 4.59. The molecule has 1 amide bonds. The number of nitrogens with one attached hydrogen (secondary N) is 2. The van der Waals surface area contributed by atoms with E-state index in [1.54, 1.807) is 17.3 Å². The Hall–Kier alpha value is -2.82. The summed E-state index contributed by atoms with van der Waals surface area (Å²) in [5.74, 6) is 0.296. The molecule has 116 valence electrons. The lowest BCUT2D eigenvalue weighted by molar-refractivity contribution is 0.0604. The molecule has 2 aromatic heterocycles. The topological polar surface area (TPSA) is 69.0 Å². The van der Waals surface area contributed by atoms with Crippen LogP contribution in [0.5, 0.6) is 0 Å². The molecular formula is C18H17N3O2. The Bertz CT molecular complexity index is 934. The normalized spacial score (nSPS) is 14.9. The maximum absolute atomic E-state index is 12.7. The van der Waals surface area contributed by atoms with Crippen molar-refractivity contribution in [2.75, 3.05) is 13.1 Å². The number of aromatic amines is 2. The minimum absolute atomic E-state index is 0.0838. The van der Waals surface area contributed by atoms with E-state index in [1.807, 2.05) is 25.1 Å². The summed E-state index contributed by atoms with van der Waals surface area (Å²) < 4.78 is 0. The van der Waals surface area contributed by atoms with Crippen molar-refractivity contribution in [2.24, 2.45) is 0 Å². The number of pyridine rings is 1. The Balaban J connectivity index is 1.60. The van der Waals surface area contributed by atoms with Crippen LogP contribution >= 0.6 is 0 Å². The number of nitrogens with zero attached hydrogens (tertiary/aromatic N) is 1. The van der Waals surface area contributed by atoms with Gasteiger partial charge in [-0.25, -0.2) is 0 Å². The van der Waals surface area contributed by atoms with E-state index in [9.17, 15) is 9.59 Å². The molecule has 1 saturated heterocycles. The summed E-state index contributed by atoms with van der Waals surface area (Å²) in [6, 6.07) is 10.2. The predicted octanol–water partition coefficient (Wildman–Crippen LogP) is 2.40. The van der Waals surface area contributed by atoms with E-state index in [0.717, 1.165) is 11.1 Å². The first kappa shape index (κ1) is 13.8. The molecular weight excluding hydrogens is 290 g/mol. The van der Waals surface area contributed by atoms with Crippen molar-refractivity contribution < 1.29 is 4.79 Å². The minimum Gasteiger partial charge on any atom is -0.360 e. The predicted molar refractivity (Wildman–Crippen MR) is 88.7 cm³/mol. The molecule has 4 rings (SSSR count). The summed E-state index contributed by atoms with van der Waals surface area (Å²) in [6.07, 6.45) is 3.30. The molecule has 3 heterocycles. The van der Waals surface area contributed by atoms with Gasteiger partial charge in [0.2, 0.25) is 0 Å². The number of hydrogen-bond acceptors (Lipinski definition) is 2. The van der Waals surface area contributed by atoms with E-state index in [4.69, 9.17) is 0 Å². The summed E-state index contributed by atoms with van der Waals surface area (Å²) in [4.78, 5) is 32.3. The summed E-state index contributed by atoms with van der Waals surface area (Å²) in [6.45, 7) is 3.29. The van der Waals surface area contributed by atoms with Crippen LogP contribution in [0.3, 0.4) is 0 Å². The number of benzene rings is 1. The van der Waals surface area contributed by atoms with Gasteiger partial charge in [-0.15, -0.1) is 0 Å². The van der Waals surface area contributed by atoms with Crippen molar-refractivity contribution in [1.29, 1.82) is 0 Å². The van der Waals surface area contributed by atoms with Crippen molar-refractivity contribution in [3.8, 4) is 0 Å². The van der Waals surface area contributed by atoms with E-state index in [0.29, 0.717) is 30.0 Å². The van der Waals surface area contributed by atoms with Crippen LogP contribution in [-0.2, 0) is 0 Å². The molecule has 3 aromatic rings. The number of amides is 1. The lowest BCUT2D eigenvalue weighted by Crippen LogP contribution is -2.48. The standard InChI is InChI=1S/C18H17N3O2/c1-11-7-20-17(22)15-14(8-19-16(11)15)18(23)21-9-13(10-21)12-5-3-2-4-6-12/h2-8,13,19H,9-10H2,1H3,(H,20,22). The summed E-state index contributed by atoms with van der Waals surface area (Å²) in [5.41, 5.74) is 3.14. The number of rotatable bonds is 2.